The molecule has 0 amide bonds. The molecule has 0 fully saturated rings. The molecule has 0 N–H and O–H groups in total. The molecule has 1 radical (unpaired) electrons. The molecule has 0 unspecified atom stereocenters. The van der Waals surface area contributed by atoms with E-state index in [-0.39, 0.29) is 0 Å². The summed E-state index contributed by atoms with van der Waals surface area (Å²) in [4.78, 5) is 0.369. The molecule has 3 nitrogen and oxygen atoms in total. The van der Waals surface area contributed by atoms with Gasteiger partial charge in [0.1, 0.15) is 0 Å². The Morgan fingerprint density at radius 3 is 2.00 bits per heavy atom. The Hall–Kier alpha value is -0.870. The second-order valence-corrected chi connectivity index (χ2v) is 6.28. The number of unbranched alkanes of at least 4 members (excludes halogenated alkanes) is 2. The Balaban J connectivity index is 2.88. The highest BCUT2D eigenvalue weighted by Crippen LogP contribution is 2.16. The number of benzene rings is 1. The lowest BCUT2D eigenvalue weighted by Gasteiger charge is -2.21. The average molecular weight is 268 g/mol. The maximum atomic E-state index is 12.5. The molecule has 1 aromatic rings. The summed E-state index contributed by atoms with van der Waals surface area (Å²) in [6, 6.07) is 9.36. The molecule has 1 rings (SSSR count). The molecule has 4 heteroatoms. The Morgan fingerprint density at radius 2 is 1.56 bits per heavy atom. The summed E-state index contributed by atoms with van der Waals surface area (Å²) in [7, 11) is -3.33. The minimum absolute atomic E-state index is 0.369. The van der Waals surface area contributed by atoms with Crippen molar-refractivity contribution in [3.63, 3.8) is 0 Å². The van der Waals surface area contributed by atoms with E-state index in [1.54, 1.807) is 28.6 Å². The number of sulfonamides is 1. The number of nitrogens with zero attached hydrogens (tertiary/aromatic N) is 1. The minimum Gasteiger partial charge on any atom is -0.207 e. The van der Waals surface area contributed by atoms with Crippen LogP contribution in [0.15, 0.2) is 29.2 Å². The summed E-state index contributed by atoms with van der Waals surface area (Å²) >= 11 is 0. The largest absolute Gasteiger partial charge is 0.243 e. The van der Waals surface area contributed by atoms with Crippen LogP contribution in [0.2, 0.25) is 0 Å². The van der Waals surface area contributed by atoms with E-state index in [0.29, 0.717) is 18.0 Å². The summed E-state index contributed by atoms with van der Waals surface area (Å²) in [5.41, 5.74) is 0. The Kier molecular flexibility index (Phi) is 6.36. The van der Waals surface area contributed by atoms with Crippen LogP contribution < -0.4 is 0 Å². The minimum atomic E-state index is -3.33. The van der Waals surface area contributed by atoms with Crippen molar-refractivity contribution in [1.29, 1.82) is 0 Å². The standard InChI is InChI=1S/C14H22NO2S/c1-3-5-12-15(13-6-4-2)18(16,17)14-10-8-7-9-11-14/h8-11H,3-6,12-13H2,1-2H3. The first-order valence-electron chi connectivity index (χ1n) is 6.59. The van der Waals surface area contributed by atoms with Crippen LogP contribution in [0.3, 0.4) is 0 Å². The van der Waals surface area contributed by atoms with Gasteiger partial charge in [0.15, 0.2) is 0 Å². The SMILES string of the molecule is CCCCN(CCCC)S(=O)(=O)c1cc[c]cc1. The molecular formula is C14H22NO2S. The smallest absolute Gasteiger partial charge is 0.207 e. The molecule has 0 spiro atoms. The Morgan fingerprint density at radius 1 is 1.06 bits per heavy atom. The van der Waals surface area contributed by atoms with Crippen molar-refractivity contribution in [2.75, 3.05) is 13.1 Å². The fourth-order valence-corrected chi connectivity index (χ4v) is 3.23. The van der Waals surface area contributed by atoms with E-state index in [2.05, 4.69) is 19.9 Å². The van der Waals surface area contributed by atoms with E-state index in [4.69, 9.17) is 0 Å². The quantitative estimate of drug-likeness (QED) is 0.726. The van der Waals surface area contributed by atoms with Gasteiger partial charge in [-0.3, -0.25) is 0 Å². The molecule has 1 aromatic carbocycles. The number of hydrogen-bond donors (Lipinski definition) is 0. The maximum Gasteiger partial charge on any atom is 0.243 e. The van der Waals surface area contributed by atoms with Gasteiger partial charge in [0.2, 0.25) is 10.0 Å². The molecule has 18 heavy (non-hydrogen) atoms. The van der Waals surface area contributed by atoms with E-state index >= 15 is 0 Å². The van der Waals surface area contributed by atoms with E-state index < -0.39 is 10.0 Å². The van der Waals surface area contributed by atoms with Crippen LogP contribution in [0.1, 0.15) is 39.5 Å². The molecule has 0 aliphatic heterocycles. The summed E-state index contributed by atoms with van der Waals surface area (Å²) in [5, 5.41) is 0. The van der Waals surface area contributed by atoms with E-state index in [9.17, 15) is 8.42 Å². The van der Waals surface area contributed by atoms with Gasteiger partial charge in [0.05, 0.1) is 4.90 Å². The monoisotopic (exact) mass is 268 g/mol. The zero-order valence-electron chi connectivity index (χ0n) is 11.2. The van der Waals surface area contributed by atoms with Gasteiger partial charge in [-0.1, -0.05) is 38.8 Å². The highest BCUT2D eigenvalue weighted by Gasteiger charge is 2.22. The first-order chi connectivity index (χ1) is 8.62. The highest BCUT2D eigenvalue weighted by atomic mass is 32.2. The molecule has 0 atom stereocenters. The fraction of sp³-hybridized carbons (Fsp3) is 0.571. The highest BCUT2D eigenvalue weighted by molar-refractivity contribution is 7.89. The molecule has 0 bridgehead atoms. The van der Waals surface area contributed by atoms with Crippen molar-refractivity contribution >= 4 is 10.0 Å². The van der Waals surface area contributed by atoms with Crippen LogP contribution in [0.25, 0.3) is 0 Å². The van der Waals surface area contributed by atoms with Gasteiger partial charge in [-0.05, 0) is 31.0 Å². The van der Waals surface area contributed by atoms with Gasteiger partial charge in [-0.25, -0.2) is 8.42 Å². The predicted molar refractivity (Wildman–Crippen MR) is 73.9 cm³/mol. The summed E-state index contributed by atoms with van der Waals surface area (Å²) in [5.74, 6) is 0. The van der Waals surface area contributed by atoms with Crippen LogP contribution in [0.5, 0.6) is 0 Å². The normalized spacial score (nSPS) is 11.9. The van der Waals surface area contributed by atoms with Gasteiger partial charge in [-0.2, -0.15) is 4.31 Å². The van der Waals surface area contributed by atoms with E-state index in [0.717, 1.165) is 25.7 Å². The molecule has 0 heterocycles. The topological polar surface area (TPSA) is 37.4 Å². The van der Waals surface area contributed by atoms with Crippen molar-refractivity contribution in [3.05, 3.63) is 30.3 Å². The zero-order chi connectivity index (χ0) is 13.4. The summed E-state index contributed by atoms with van der Waals surface area (Å²) < 4.78 is 26.5. The van der Waals surface area contributed by atoms with Crippen molar-refractivity contribution < 1.29 is 8.42 Å². The third-order valence-corrected chi connectivity index (χ3v) is 4.76. The third-order valence-electron chi connectivity index (χ3n) is 2.85. The lowest BCUT2D eigenvalue weighted by Crippen LogP contribution is -2.33. The third kappa shape index (κ3) is 4.10. The van der Waals surface area contributed by atoms with Gasteiger partial charge in [0.25, 0.3) is 0 Å². The van der Waals surface area contributed by atoms with Gasteiger partial charge in [0, 0.05) is 13.1 Å². The van der Waals surface area contributed by atoms with Crippen LogP contribution >= 0.6 is 0 Å². The van der Waals surface area contributed by atoms with Crippen LogP contribution in [-0.2, 0) is 10.0 Å². The first kappa shape index (κ1) is 15.2. The lowest BCUT2D eigenvalue weighted by molar-refractivity contribution is 0.395. The fourth-order valence-electron chi connectivity index (χ4n) is 1.71. The zero-order valence-corrected chi connectivity index (χ0v) is 12.0. The predicted octanol–water partition coefficient (Wildman–Crippen LogP) is 3.08. The second-order valence-electron chi connectivity index (χ2n) is 4.35. The summed E-state index contributed by atoms with van der Waals surface area (Å²) in [6.07, 6.45) is 3.81. The molecule has 0 aliphatic rings. The van der Waals surface area contributed by atoms with Gasteiger partial charge in [-0.15, -0.1) is 0 Å². The van der Waals surface area contributed by atoms with Crippen LogP contribution in [0.4, 0.5) is 0 Å². The second kappa shape index (κ2) is 7.54. The van der Waals surface area contributed by atoms with Crippen molar-refractivity contribution in [2.24, 2.45) is 0 Å². The molecule has 101 valence electrons. The van der Waals surface area contributed by atoms with Crippen LogP contribution in [-0.4, -0.2) is 25.8 Å². The molecule has 0 aromatic heterocycles. The van der Waals surface area contributed by atoms with Crippen molar-refractivity contribution in [1.82, 2.24) is 4.31 Å². The van der Waals surface area contributed by atoms with E-state index in [1.165, 1.54) is 0 Å². The van der Waals surface area contributed by atoms with Gasteiger partial charge < -0.3 is 0 Å². The Bertz CT molecular complexity index is 420. The van der Waals surface area contributed by atoms with E-state index in [1.807, 2.05) is 0 Å². The molecule has 0 saturated carbocycles. The first-order valence-corrected chi connectivity index (χ1v) is 8.03. The van der Waals surface area contributed by atoms with Gasteiger partial charge >= 0.3 is 0 Å². The molecule has 0 aliphatic carbocycles. The van der Waals surface area contributed by atoms with Crippen LogP contribution in [0, 0.1) is 6.07 Å². The molecule has 0 saturated heterocycles. The summed E-state index contributed by atoms with van der Waals surface area (Å²) in [6.45, 7) is 5.36. The number of rotatable bonds is 8. The number of hydrogen-bond acceptors (Lipinski definition) is 2. The van der Waals surface area contributed by atoms with Crippen molar-refractivity contribution in [2.45, 2.75) is 44.4 Å². The maximum absolute atomic E-state index is 12.5. The average Bonchev–Trinajstić information content (AvgIpc) is 2.39. The lowest BCUT2D eigenvalue weighted by atomic mass is 10.3. The Labute approximate surface area is 111 Å². The molecular weight excluding hydrogens is 246 g/mol. The van der Waals surface area contributed by atoms with Crippen molar-refractivity contribution in [3.8, 4) is 0 Å².